The smallest absolute Gasteiger partial charge is 0.0136 e. The van der Waals surface area contributed by atoms with E-state index >= 15 is 0 Å². The fourth-order valence-electron chi connectivity index (χ4n) is 5.69. The zero-order valence-electron chi connectivity index (χ0n) is 15.8. The molecule has 23 heavy (non-hydrogen) atoms. The first-order valence-corrected chi connectivity index (χ1v) is 9.72. The van der Waals surface area contributed by atoms with Crippen LogP contribution in [-0.4, -0.2) is 0 Å². The molecule has 0 aromatic heterocycles. The Bertz CT molecular complexity index is 600. The summed E-state index contributed by atoms with van der Waals surface area (Å²) in [7, 11) is 0. The van der Waals surface area contributed by atoms with Crippen LogP contribution in [0.3, 0.4) is 0 Å². The molecule has 4 aliphatic carbocycles. The number of allylic oxidation sites excluding steroid dienone is 7. The van der Waals surface area contributed by atoms with Crippen molar-refractivity contribution in [3.8, 4) is 0 Å². The molecule has 0 nitrogen and oxygen atoms in total. The van der Waals surface area contributed by atoms with Gasteiger partial charge < -0.3 is 0 Å². The van der Waals surface area contributed by atoms with Gasteiger partial charge in [0.15, 0.2) is 0 Å². The van der Waals surface area contributed by atoms with Crippen molar-refractivity contribution in [2.24, 2.45) is 22.7 Å². The molecule has 0 N–H and O–H groups in total. The van der Waals surface area contributed by atoms with Crippen LogP contribution in [0.25, 0.3) is 0 Å². The Balaban J connectivity index is 0.000000753. The molecular weight excluding hydrogens is 276 g/mol. The van der Waals surface area contributed by atoms with E-state index in [1.807, 2.05) is 13.8 Å². The third-order valence-electron chi connectivity index (χ3n) is 7.30. The van der Waals surface area contributed by atoms with Gasteiger partial charge in [-0.2, -0.15) is 0 Å². The van der Waals surface area contributed by atoms with Gasteiger partial charge in [0.05, 0.1) is 0 Å². The quantitative estimate of drug-likeness (QED) is 0.422. The maximum Gasteiger partial charge on any atom is 0.0136 e. The molecule has 0 amide bonds. The Labute approximate surface area is 143 Å². The van der Waals surface area contributed by atoms with Gasteiger partial charge in [-0.1, -0.05) is 69.2 Å². The summed E-state index contributed by atoms with van der Waals surface area (Å²) in [6, 6.07) is 0. The minimum atomic E-state index is 0.327. The standard InChI is InChI=1S/C21H28.C2H6/c1-14-9-11-21(4)16(13-14)6-7-17-18-8-5-15(2)20(18,3)12-10-19(17)21;1-2/h6,10,13,17-18H,2,5,7-9,11-12H2,1,3-4H3;1-2H3. The molecular formula is C23H34. The monoisotopic (exact) mass is 310 g/mol. The summed E-state index contributed by atoms with van der Waals surface area (Å²) in [6.07, 6.45) is 15.4. The van der Waals surface area contributed by atoms with Gasteiger partial charge in [0.25, 0.3) is 0 Å². The van der Waals surface area contributed by atoms with E-state index < -0.39 is 0 Å². The number of hydrogen-bond acceptors (Lipinski definition) is 0. The second kappa shape index (κ2) is 5.80. The Morgan fingerprint density at radius 1 is 1.13 bits per heavy atom. The largest absolute Gasteiger partial charge is 0.0993 e. The lowest BCUT2D eigenvalue weighted by Gasteiger charge is -2.51. The Kier molecular flexibility index (Phi) is 4.23. The maximum absolute atomic E-state index is 4.40. The minimum Gasteiger partial charge on any atom is -0.0993 e. The highest BCUT2D eigenvalue weighted by atomic mass is 14.6. The molecule has 0 aliphatic heterocycles. The predicted molar refractivity (Wildman–Crippen MR) is 101 cm³/mol. The predicted octanol–water partition coefficient (Wildman–Crippen LogP) is 7.01. The van der Waals surface area contributed by atoms with Crippen molar-refractivity contribution in [2.45, 2.75) is 73.1 Å². The van der Waals surface area contributed by atoms with Crippen molar-refractivity contribution in [1.82, 2.24) is 0 Å². The summed E-state index contributed by atoms with van der Waals surface area (Å²) in [4.78, 5) is 0. The van der Waals surface area contributed by atoms with Crippen molar-refractivity contribution in [1.29, 1.82) is 0 Å². The highest BCUT2D eigenvalue weighted by molar-refractivity contribution is 5.46. The fraction of sp³-hybridized carbons (Fsp3) is 0.652. The molecule has 4 rings (SSSR count). The Morgan fingerprint density at radius 2 is 1.87 bits per heavy atom. The van der Waals surface area contributed by atoms with Gasteiger partial charge >= 0.3 is 0 Å². The van der Waals surface area contributed by atoms with Crippen LogP contribution in [-0.2, 0) is 0 Å². The molecule has 0 spiro atoms. The van der Waals surface area contributed by atoms with E-state index in [9.17, 15) is 0 Å². The summed E-state index contributed by atoms with van der Waals surface area (Å²) in [5.74, 6) is 1.62. The second-order valence-corrected chi connectivity index (χ2v) is 8.35. The molecule has 1 saturated carbocycles. The second-order valence-electron chi connectivity index (χ2n) is 8.35. The molecule has 0 saturated heterocycles. The van der Waals surface area contributed by atoms with Gasteiger partial charge in [-0.25, -0.2) is 0 Å². The molecule has 0 bridgehead atoms. The number of hydrogen-bond donors (Lipinski definition) is 0. The van der Waals surface area contributed by atoms with Crippen molar-refractivity contribution >= 4 is 0 Å². The van der Waals surface area contributed by atoms with Gasteiger partial charge in [-0.3, -0.25) is 0 Å². The van der Waals surface area contributed by atoms with E-state index in [1.54, 1.807) is 16.7 Å². The topological polar surface area (TPSA) is 0 Å². The first kappa shape index (κ1) is 16.8. The van der Waals surface area contributed by atoms with E-state index in [0.717, 1.165) is 11.8 Å². The molecule has 4 atom stereocenters. The molecule has 0 radical (unpaired) electrons. The van der Waals surface area contributed by atoms with Crippen molar-refractivity contribution in [2.75, 3.05) is 0 Å². The van der Waals surface area contributed by atoms with Crippen LogP contribution in [0, 0.1) is 22.7 Å². The highest BCUT2D eigenvalue weighted by Gasteiger charge is 2.52. The van der Waals surface area contributed by atoms with Crippen LogP contribution in [0.5, 0.6) is 0 Å². The van der Waals surface area contributed by atoms with E-state index in [0.29, 0.717) is 10.8 Å². The first-order valence-electron chi connectivity index (χ1n) is 9.72. The van der Waals surface area contributed by atoms with Crippen LogP contribution < -0.4 is 0 Å². The van der Waals surface area contributed by atoms with Crippen LogP contribution in [0.15, 0.2) is 47.1 Å². The van der Waals surface area contributed by atoms with E-state index in [2.05, 4.69) is 45.6 Å². The molecule has 0 heteroatoms. The molecule has 4 aliphatic rings. The summed E-state index contributed by atoms with van der Waals surface area (Å²) < 4.78 is 0. The number of fused-ring (bicyclic) bond motifs is 5. The third-order valence-corrected chi connectivity index (χ3v) is 7.30. The zero-order valence-corrected chi connectivity index (χ0v) is 15.8. The van der Waals surface area contributed by atoms with E-state index in [4.69, 9.17) is 0 Å². The van der Waals surface area contributed by atoms with E-state index in [1.165, 1.54) is 44.1 Å². The van der Waals surface area contributed by atoms with Crippen molar-refractivity contribution in [3.63, 3.8) is 0 Å². The Morgan fingerprint density at radius 3 is 2.61 bits per heavy atom. The lowest BCUT2D eigenvalue weighted by Crippen LogP contribution is -2.41. The normalized spacial score (nSPS) is 41.4. The summed E-state index contributed by atoms with van der Waals surface area (Å²) in [6.45, 7) is 15.7. The van der Waals surface area contributed by atoms with Crippen LogP contribution >= 0.6 is 0 Å². The lowest BCUT2D eigenvalue weighted by atomic mass is 9.53. The van der Waals surface area contributed by atoms with Crippen molar-refractivity contribution < 1.29 is 0 Å². The van der Waals surface area contributed by atoms with Gasteiger partial charge in [-0.15, -0.1) is 0 Å². The average Bonchev–Trinajstić information content (AvgIpc) is 2.86. The van der Waals surface area contributed by atoms with Gasteiger partial charge in [0.2, 0.25) is 0 Å². The molecule has 0 heterocycles. The lowest BCUT2D eigenvalue weighted by molar-refractivity contribution is 0.163. The molecule has 126 valence electrons. The zero-order chi connectivity index (χ0) is 16.8. The highest BCUT2D eigenvalue weighted by Crippen LogP contribution is 2.63. The third kappa shape index (κ3) is 2.32. The fourth-order valence-corrected chi connectivity index (χ4v) is 5.69. The van der Waals surface area contributed by atoms with Gasteiger partial charge in [-0.05, 0) is 68.3 Å². The van der Waals surface area contributed by atoms with E-state index in [-0.39, 0.29) is 0 Å². The van der Waals surface area contributed by atoms with Gasteiger partial charge in [0.1, 0.15) is 0 Å². The number of rotatable bonds is 0. The first-order chi connectivity index (χ1) is 10.9. The van der Waals surface area contributed by atoms with Crippen LogP contribution in [0.2, 0.25) is 0 Å². The SMILES string of the molecule is C=C1CCC2C3CC=C4C=C(C)CCC4(C)C3=CCC12C.CC. The molecule has 0 aromatic carbocycles. The van der Waals surface area contributed by atoms with Crippen LogP contribution in [0.4, 0.5) is 0 Å². The summed E-state index contributed by atoms with van der Waals surface area (Å²) >= 11 is 0. The average molecular weight is 311 g/mol. The minimum absolute atomic E-state index is 0.327. The Hall–Kier alpha value is -1.04. The summed E-state index contributed by atoms with van der Waals surface area (Å²) in [5.41, 5.74) is 7.18. The summed E-state index contributed by atoms with van der Waals surface area (Å²) in [5, 5.41) is 0. The molecule has 4 unspecified atom stereocenters. The maximum atomic E-state index is 4.40. The molecule has 1 fully saturated rings. The van der Waals surface area contributed by atoms with Gasteiger partial charge in [0, 0.05) is 5.41 Å². The molecule has 0 aromatic rings. The van der Waals surface area contributed by atoms with Crippen molar-refractivity contribution in [3.05, 3.63) is 47.1 Å². The van der Waals surface area contributed by atoms with Crippen LogP contribution in [0.1, 0.15) is 73.1 Å².